The van der Waals surface area contributed by atoms with E-state index in [-0.39, 0.29) is 17.4 Å². The molecule has 4 heterocycles. The van der Waals surface area contributed by atoms with Crippen LogP contribution in [-0.4, -0.2) is 66.4 Å². The van der Waals surface area contributed by atoms with Crippen LogP contribution in [0.3, 0.4) is 0 Å². The first kappa shape index (κ1) is 49.2. The smallest absolute Gasteiger partial charge is 0.371 e. The van der Waals surface area contributed by atoms with Crippen molar-refractivity contribution >= 4 is 57.1 Å². The molecule has 2 aliphatic rings. The van der Waals surface area contributed by atoms with Crippen molar-refractivity contribution in [1.82, 2.24) is 19.6 Å². The van der Waals surface area contributed by atoms with Crippen molar-refractivity contribution in [2.75, 3.05) is 12.8 Å². The molecule has 0 radical (unpaired) electrons. The Morgan fingerprint density at radius 1 is 0.527 bits per heavy atom. The highest BCUT2D eigenvalue weighted by molar-refractivity contribution is 6.31. The monoisotopic (exact) mass is 979 g/mol. The number of hydrogen-bond acceptors (Lipinski definition) is 9. The Labute approximate surface area is 426 Å². The van der Waals surface area contributed by atoms with Crippen LogP contribution >= 0.6 is 0 Å². The van der Waals surface area contributed by atoms with E-state index in [1.54, 1.807) is 40.7 Å². The molecule has 2 aromatic heterocycles. The van der Waals surface area contributed by atoms with Gasteiger partial charge in [0, 0.05) is 53.2 Å². The Morgan fingerprint density at radius 2 is 0.919 bits per heavy atom. The van der Waals surface area contributed by atoms with Crippen LogP contribution in [0, 0.1) is 0 Å². The van der Waals surface area contributed by atoms with Crippen LogP contribution in [0.4, 0.5) is 5.69 Å². The van der Waals surface area contributed by atoms with Crippen LogP contribution in [0.2, 0.25) is 0 Å². The summed E-state index contributed by atoms with van der Waals surface area (Å²) in [4.78, 5) is 57.8. The highest BCUT2D eigenvalue weighted by Crippen LogP contribution is 2.42. The molecule has 13 nitrogen and oxygen atoms in total. The number of nitrogens with zero attached hydrogens (tertiary/aromatic N) is 4. The molecular formula is C61H49N5O8. The van der Waals surface area contributed by atoms with Gasteiger partial charge in [-0.1, -0.05) is 157 Å². The molecule has 74 heavy (non-hydrogen) atoms. The molecule has 4 N–H and O–H groups in total. The lowest BCUT2D eigenvalue weighted by atomic mass is 9.89. The fourth-order valence-electron chi connectivity index (χ4n) is 9.38. The molecule has 0 aliphatic carbocycles. The van der Waals surface area contributed by atoms with Crippen LogP contribution in [0.25, 0.3) is 66.7 Å². The van der Waals surface area contributed by atoms with Gasteiger partial charge in [-0.05, 0) is 77.2 Å². The fourth-order valence-corrected chi connectivity index (χ4v) is 9.38. The number of allylic oxidation sites excluding steroid dienone is 4. The standard InChI is InChI=1S/C31H22N2O3.C27H23N3O2.C3H4O3/c1-19-16-26-28(20-8-4-2-5-9-20)29(21-10-6-3-7-11-21)32-33(26)30(34)27(19)24-14-12-23-18-25(31(35)36)15-13-22(23)17-24;1-17-15-22-25(18-9-5-3-6-10-18)26(19-11-7-4-8-12-19)29-30(22)27(31)24(17)20-13-14-21(28)23(16-20)32-2;1-2(4)3(5)6/h2-15,17-18H,16H2,1H3,(H,35,36);3-14,16H,15,28H2,1-2H3;1H3,(H,5,6). The van der Waals surface area contributed by atoms with Gasteiger partial charge in [-0.3, -0.25) is 14.4 Å². The summed E-state index contributed by atoms with van der Waals surface area (Å²) in [6.07, 6.45) is 1.22. The number of carbonyl (C=O) groups excluding carboxylic acids is 3. The van der Waals surface area contributed by atoms with E-state index in [0.717, 1.165) is 96.1 Å². The maximum Gasteiger partial charge on any atom is 0.371 e. The van der Waals surface area contributed by atoms with Gasteiger partial charge in [-0.2, -0.15) is 19.6 Å². The van der Waals surface area contributed by atoms with Crippen LogP contribution in [0.1, 0.15) is 63.2 Å². The predicted octanol–water partition coefficient (Wildman–Crippen LogP) is 11.9. The number of aliphatic carboxylic acids is 1. The lowest BCUT2D eigenvalue weighted by Gasteiger charge is -2.20. The summed E-state index contributed by atoms with van der Waals surface area (Å²) >= 11 is 0. The number of ether oxygens (including phenoxy) is 1. The van der Waals surface area contributed by atoms with Crippen molar-refractivity contribution in [3.63, 3.8) is 0 Å². The minimum atomic E-state index is -1.38. The Hall–Kier alpha value is -9.75. The minimum Gasteiger partial charge on any atom is -0.495 e. The lowest BCUT2D eigenvalue weighted by Crippen LogP contribution is -2.23. The number of rotatable bonds is 9. The molecule has 9 aromatic rings. The number of fused-ring (bicyclic) bond motifs is 3. The number of Topliss-reactive ketones (excluding diaryl/α,β-unsaturated/α-hetero) is 1. The van der Waals surface area contributed by atoms with Crippen molar-refractivity contribution < 1.29 is 38.9 Å². The van der Waals surface area contributed by atoms with E-state index in [1.807, 2.05) is 141 Å². The van der Waals surface area contributed by atoms with Gasteiger partial charge in [-0.15, -0.1) is 0 Å². The molecule has 0 saturated heterocycles. The third-order valence-corrected chi connectivity index (χ3v) is 12.9. The number of nitrogens with two attached hydrogens (primary N) is 1. The Kier molecular flexibility index (Phi) is 13.9. The van der Waals surface area contributed by atoms with E-state index in [0.29, 0.717) is 35.4 Å². The summed E-state index contributed by atoms with van der Waals surface area (Å²) < 4.78 is 8.50. The molecule has 0 saturated carbocycles. The third kappa shape index (κ3) is 9.69. The molecule has 0 spiro atoms. The second-order valence-electron chi connectivity index (χ2n) is 17.8. The molecule has 13 heteroatoms. The fraction of sp³-hybridized carbons (Fsp3) is 0.0984. The molecular weight excluding hydrogens is 931 g/mol. The van der Waals surface area contributed by atoms with Crippen molar-refractivity contribution in [2.24, 2.45) is 0 Å². The van der Waals surface area contributed by atoms with Crippen molar-refractivity contribution in [3.8, 4) is 50.5 Å². The van der Waals surface area contributed by atoms with E-state index >= 15 is 0 Å². The summed E-state index contributed by atoms with van der Waals surface area (Å²) in [6, 6.07) is 56.3. The summed E-state index contributed by atoms with van der Waals surface area (Å²) in [6.45, 7) is 5.00. The van der Waals surface area contributed by atoms with Gasteiger partial charge in [0.25, 0.3) is 11.8 Å². The van der Waals surface area contributed by atoms with Gasteiger partial charge in [0.15, 0.2) is 0 Å². The van der Waals surface area contributed by atoms with E-state index in [4.69, 9.17) is 25.8 Å². The second-order valence-corrected chi connectivity index (χ2v) is 17.8. The maximum absolute atomic E-state index is 13.9. The first-order chi connectivity index (χ1) is 35.7. The number of methoxy groups -OCH3 is 1. The molecule has 7 aromatic carbocycles. The van der Waals surface area contributed by atoms with Crippen LogP contribution < -0.4 is 10.5 Å². The average molecular weight is 980 g/mol. The molecule has 0 amide bonds. The van der Waals surface area contributed by atoms with Crippen molar-refractivity contribution in [2.45, 2.75) is 33.6 Å². The maximum atomic E-state index is 13.9. The SMILES string of the molecule is CC(=O)C(=O)O.CC1=C(c2ccc3cc(C(=O)O)ccc3c2)C(=O)n2nc(-c3ccccc3)c(-c3ccccc3)c2C1.COc1cc(C2=C(C)Cc3c(-c4ccccc4)c(-c4ccccc4)nn3C2=O)ccc1N. The van der Waals surface area contributed by atoms with Gasteiger partial charge < -0.3 is 20.7 Å². The summed E-state index contributed by atoms with van der Waals surface area (Å²) in [5.41, 5.74) is 21.0. The van der Waals surface area contributed by atoms with E-state index in [9.17, 15) is 29.1 Å². The van der Waals surface area contributed by atoms with Crippen LogP contribution in [-0.2, 0) is 22.4 Å². The Bertz CT molecular complexity index is 3730. The normalized spacial score (nSPS) is 12.8. The van der Waals surface area contributed by atoms with Gasteiger partial charge >= 0.3 is 11.9 Å². The molecule has 0 fully saturated rings. The molecule has 0 unspecified atom stereocenters. The zero-order chi connectivity index (χ0) is 52.2. The topological polar surface area (TPSA) is 197 Å². The average Bonchev–Trinajstić information content (AvgIpc) is 4.00. The van der Waals surface area contributed by atoms with Gasteiger partial charge in [0.1, 0.15) is 17.1 Å². The third-order valence-electron chi connectivity index (χ3n) is 12.9. The number of ketones is 1. The number of carboxylic acid groups (broad SMARTS) is 2. The van der Waals surface area contributed by atoms with Gasteiger partial charge in [0.2, 0.25) is 5.78 Å². The van der Waals surface area contributed by atoms with Gasteiger partial charge in [-0.25, -0.2) is 9.59 Å². The lowest BCUT2D eigenvalue weighted by molar-refractivity contribution is -0.148. The van der Waals surface area contributed by atoms with Crippen LogP contribution in [0.5, 0.6) is 5.75 Å². The first-order valence-electron chi connectivity index (χ1n) is 23.6. The van der Waals surface area contributed by atoms with Crippen molar-refractivity contribution in [1.29, 1.82) is 0 Å². The molecule has 0 atom stereocenters. The number of benzene rings is 7. The highest BCUT2D eigenvalue weighted by atomic mass is 16.5. The van der Waals surface area contributed by atoms with Gasteiger partial charge in [0.05, 0.1) is 29.7 Å². The summed E-state index contributed by atoms with van der Waals surface area (Å²) in [5.74, 6) is -2.91. The van der Waals surface area contributed by atoms with E-state index < -0.39 is 17.7 Å². The minimum absolute atomic E-state index is 0.144. The molecule has 0 bridgehead atoms. The number of aromatic nitrogens is 4. The predicted molar refractivity (Wildman–Crippen MR) is 287 cm³/mol. The number of nitrogen functional groups attached to an aromatic ring is 1. The largest absolute Gasteiger partial charge is 0.495 e. The summed E-state index contributed by atoms with van der Waals surface area (Å²) in [7, 11) is 1.57. The molecule has 2 aliphatic heterocycles. The Morgan fingerprint density at radius 3 is 1.34 bits per heavy atom. The number of carbonyl (C=O) groups is 5. The van der Waals surface area contributed by atoms with E-state index in [2.05, 4.69) is 24.3 Å². The van der Waals surface area contributed by atoms with Crippen molar-refractivity contribution in [3.05, 3.63) is 215 Å². The number of carboxylic acids is 2. The van der Waals surface area contributed by atoms with Crippen LogP contribution in [0.15, 0.2) is 187 Å². The zero-order valence-electron chi connectivity index (χ0n) is 40.9. The number of hydrogen-bond donors (Lipinski definition) is 3. The molecule has 11 rings (SSSR count). The Balaban J connectivity index is 0.000000165. The van der Waals surface area contributed by atoms with E-state index in [1.165, 1.54) is 0 Å². The second kappa shape index (κ2) is 20.9. The number of anilines is 1. The highest BCUT2D eigenvalue weighted by Gasteiger charge is 2.33. The first-order valence-corrected chi connectivity index (χ1v) is 23.6. The zero-order valence-corrected chi connectivity index (χ0v) is 40.9. The number of aromatic carboxylic acids is 1. The summed E-state index contributed by atoms with van der Waals surface area (Å²) in [5, 5.41) is 28.3. The molecule has 366 valence electrons. The quantitative estimate of drug-likeness (QED) is 0.0919.